The number of aryl methyl sites for hydroxylation is 2. The maximum Gasteiger partial charge on any atom is 0.265 e. The van der Waals surface area contributed by atoms with Gasteiger partial charge in [-0.3, -0.25) is 4.72 Å². The molecule has 0 amide bonds. The fourth-order valence-corrected chi connectivity index (χ4v) is 3.90. The number of nitrogens with zero attached hydrogens (tertiary/aromatic N) is 1. The Balaban J connectivity index is 2.60. The molecule has 2 aromatic rings. The normalized spacial score (nSPS) is 10.9. The van der Waals surface area contributed by atoms with Gasteiger partial charge in [0.1, 0.15) is 22.5 Å². The van der Waals surface area contributed by atoms with Crippen LogP contribution in [0.1, 0.15) is 16.7 Å². The summed E-state index contributed by atoms with van der Waals surface area (Å²) in [5, 5.41) is 9.55. The highest BCUT2D eigenvalue weighted by Gasteiger charge is 2.24. The largest absolute Gasteiger partial charge is 0.495 e. The van der Waals surface area contributed by atoms with Crippen molar-refractivity contribution < 1.29 is 17.9 Å². The molecule has 0 aliphatic heterocycles. The van der Waals surface area contributed by atoms with Crippen LogP contribution in [0.25, 0.3) is 0 Å². The van der Waals surface area contributed by atoms with Crippen LogP contribution in [0.15, 0.2) is 29.2 Å². The Morgan fingerprint density at radius 1 is 1.08 bits per heavy atom. The van der Waals surface area contributed by atoms with Gasteiger partial charge in [-0.15, -0.1) is 0 Å². The zero-order valence-electron chi connectivity index (χ0n) is 14.2. The first-order valence-corrected chi connectivity index (χ1v) is 9.05. The van der Waals surface area contributed by atoms with Crippen molar-refractivity contribution in [3.63, 3.8) is 0 Å². The minimum absolute atomic E-state index is 0.0705. The molecule has 0 bridgehead atoms. The van der Waals surface area contributed by atoms with Crippen LogP contribution in [0.5, 0.6) is 11.5 Å². The molecule has 8 heteroatoms. The predicted molar refractivity (Wildman–Crippen MR) is 96.0 cm³/mol. The number of anilines is 1. The summed E-state index contributed by atoms with van der Waals surface area (Å²) in [7, 11) is -1.31. The van der Waals surface area contributed by atoms with Gasteiger partial charge in [-0.2, -0.15) is 5.26 Å². The monoisotopic (exact) mass is 380 g/mol. The second kappa shape index (κ2) is 7.21. The van der Waals surface area contributed by atoms with E-state index < -0.39 is 10.0 Å². The van der Waals surface area contributed by atoms with Gasteiger partial charge in [0.2, 0.25) is 0 Å². The summed E-state index contributed by atoms with van der Waals surface area (Å²) in [6.07, 6.45) is 0. The van der Waals surface area contributed by atoms with E-state index in [-0.39, 0.29) is 32.7 Å². The molecule has 2 aromatic carbocycles. The summed E-state index contributed by atoms with van der Waals surface area (Å²) in [5.41, 5.74) is 1.97. The smallest absolute Gasteiger partial charge is 0.265 e. The van der Waals surface area contributed by atoms with Crippen LogP contribution in [-0.2, 0) is 10.0 Å². The molecule has 0 aliphatic rings. The van der Waals surface area contributed by atoms with E-state index in [1.54, 1.807) is 13.0 Å². The summed E-state index contributed by atoms with van der Waals surface area (Å²) >= 11 is 6.02. The van der Waals surface area contributed by atoms with E-state index in [4.69, 9.17) is 21.1 Å². The molecule has 0 fully saturated rings. The number of hydrogen-bond donors (Lipinski definition) is 1. The maximum atomic E-state index is 12.9. The summed E-state index contributed by atoms with van der Waals surface area (Å²) in [6.45, 7) is 3.56. The van der Waals surface area contributed by atoms with Crippen molar-refractivity contribution in [2.45, 2.75) is 18.7 Å². The van der Waals surface area contributed by atoms with Gasteiger partial charge in [0.25, 0.3) is 10.0 Å². The van der Waals surface area contributed by atoms with Gasteiger partial charge in [-0.05, 0) is 31.0 Å². The summed E-state index contributed by atoms with van der Waals surface area (Å²) < 4.78 is 38.4. The fraction of sp³-hybridized carbons (Fsp3) is 0.235. The molecule has 0 aliphatic carbocycles. The second-order valence-electron chi connectivity index (χ2n) is 5.36. The lowest BCUT2D eigenvalue weighted by Gasteiger charge is -2.15. The van der Waals surface area contributed by atoms with E-state index in [0.717, 1.165) is 5.56 Å². The summed E-state index contributed by atoms with van der Waals surface area (Å²) in [4.78, 5) is -0.140. The molecule has 2 rings (SSSR count). The molecule has 0 spiro atoms. The fourth-order valence-electron chi connectivity index (χ4n) is 2.44. The molecule has 0 saturated heterocycles. The van der Waals surface area contributed by atoms with Gasteiger partial charge in [-0.25, -0.2) is 8.42 Å². The number of nitrogens with one attached hydrogen (secondary N) is 1. The Morgan fingerprint density at radius 3 is 2.28 bits per heavy atom. The van der Waals surface area contributed by atoms with Gasteiger partial charge in [-0.1, -0.05) is 17.7 Å². The molecule has 0 unspecified atom stereocenters. The third kappa shape index (κ3) is 3.81. The molecule has 0 atom stereocenters. The van der Waals surface area contributed by atoms with Crippen LogP contribution in [0, 0.1) is 25.2 Å². The molecule has 1 N–H and O–H groups in total. The summed E-state index contributed by atoms with van der Waals surface area (Å²) in [5.74, 6) is 0.268. The maximum absolute atomic E-state index is 12.9. The van der Waals surface area contributed by atoms with Crippen molar-refractivity contribution >= 4 is 27.3 Å². The van der Waals surface area contributed by atoms with Crippen LogP contribution in [-0.4, -0.2) is 22.6 Å². The Labute approximate surface area is 152 Å². The molecular formula is C17H17ClN2O4S. The third-order valence-electron chi connectivity index (χ3n) is 3.56. The quantitative estimate of drug-likeness (QED) is 0.855. The van der Waals surface area contributed by atoms with E-state index in [1.165, 1.54) is 26.4 Å². The standard InChI is InChI=1S/C17H17ClN2O4S/c1-10-5-11(2)12(9-19)14(6-10)20-25(21,22)17-8-15(23-3)13(18)7-16(17)24-4/h5-8,20H,1-4H3. The molecular weight excluding hydrogens is 364 g/mol. The molecule has 25 heavy (non-hydrogen) atoms. The van der Waals surface area contributed by atoms with E-state index in [9.17, 15) is 13.7 Å². The molecule has 0 aromatic heterocycles. The number of nitriles is 1. The van der Waals surface area contributed by atoms with Crippen molar-refractivity contribution in [2.75, 3.05) is 18.9 Å². The van der Waals surface area contributed by atoms with Crippen molar-refractivity contribution in [3.05, 3.63) is 46.0 Å². The van der Waals surface area contributed by atoms with E-state index in [0.29, 0.717) is 5.56 Å². The van der Waals surface area contributed by atoms with Crippen LogP contribution in [0.2, 0.25) is 5.02 Å². The average Bonchev–Trinajstić information content (AvgIpc) is 2.53. The van der Waals surface area contributed by atoms with Gasteiger partial charge in [0.15, 0.2) is 0 Å². The Bertz CT molecular complexity index is 966. The highest BCUT2D eigenvalue weighted by molar-refractivity contribution is 7.92. The lowest BCUT2D eigenvalue weighted by molar-refractivity contribution is 0.392. The third-order valence-corrected chi connectivity index (χ3v) is 5.25. The number of methoxy groups -OCH3 is 2. The van der Waals surface area contributed by atoms with Crippen molar-refractivity contribution in [2.24, 2.45) is 0 Å². The number of benzene rings is 2. The predicted octanol–water partition coefficient (Wildman–Crippen LogP) is 3.65. The molecule has 6 nitrogen and oxygen atoms in total. The molecule has 0 heterocycles. The van der Waals surface area contributed by atoms with Crippen molar-refractivity contribution in [1.29, 1.82) is 5.26 Å². The summed E-state index contributed by atoms with van der Waals surface area (Å²) in [6, 6.07) is 8.07. The Kier molecular flexibility index (Phi) is 5.45. The zero-order valence-corrected chi connectivity index (χ0v) is 15.7. The number of sulfonamides is 1. The molecule has 132 valence electrons. The van der Waals surface area contributed by atoms with E-state index in [1.807, 2.05) is 19.1 Å². The van der Waals surface area contributed by atoms with Crippen molar-refractivity contribution in [3.8, 4) is 17.6 Å². The second-order valence-corrected chi connectivity index (χ2v) is 7.42. The Hall–Kier alpha value is -2.43. The number of halogens is 1. The highest BCUT2D eigenvalue weighted by Crippen LogP contribution is 2.36. The SMILES string of the molecule is COc1cc(S(=O)(=O)Nc2cc(C)cc(C)c2C#N)c(OC)cc1Cl. The van der Waals surface area contributed by atoms with Crippen LogP contribution in [0.3, 0.4) is 0 Å². The molecule has 0 radical (unpaired) electrons. The first-order valence-electron chi connectivity index (χ1n) is 7.19. The van der Waals surface area contributed by atoms with Gasteiger partial charge >= 0.3 is 0 Å². The van der Waals surface area contributed by atoms with E-state index >= 15 is 0 Å². The van der Waals surface area contributed by atoms with Crippen LogP contribution in [0.4, 0.5) is 5.69 Å². The zero-order chi connectivity index (χ0) is 18.8. The van der Waals surface area contributed by atoms with Gasteiger partial charge in [0, 0.05) is 12.1 Å². The highest BCUT2D eigenvalue weighted by atomic mass is 35.5. The minimum atomic E-state index is -4.04. The average molecular weight is 381 g/mol. The van der Waals surface area contributed by atoms with Crippen LogP contribution >= 0.6 is 11.6 Å². The first kappa shape index (κ1) is 18.9. The van der Waals surface area contributed by atoms with E-state index in [2.05, 4.69) is 4.72 Å². The topological polar surface area (TPSA) is 88.4 Å². The molecule has 0 saturated carbocycles. The number of rotatable bonds is 5. The minimum Gasteiger partial charge on any atom is -0.495 e. The van der Waals surface area contributed by atoms with Crippen molar-refractivity contribution in [1.82, 2.24) is 0 Å². The lowest BCUT2D eigenvalue weighted by Crippen LogP contribution is -2.15. The lowest BCUT2D eigenvalue weighted by atomic mass is 10.0. The first-order chi connectivity index (χ1) is 11.7. The number of hydrogen-bond acceptors (Lipinski definition) is 5. The van der Waals surface area contributed by atoms with Crippen LogP contribution < -0.4 is 14.2 Å². The van der Waals surface area contributed by atoms with Gasteiger partial charge in [0.05, 0.1) is 30.5 Å². The Morgan fingerprint density at radius 2 is 1.72 bits per heavy atom. The number of ether oxygens (including phenoxy) is 2. The van der Waals surface area contributed by atoms with Gasteiger partial charge < -0.3 is 9.47 Å².